The van der Waals surface area contributed by atoms with Gasteiger partial charge in [-0.05, 0) is 36.4 Å². The SMILES string of the molecule is O=C(Nc1cccnc1)c1cn2ccc(-c3noc(-c4ccccc4F)n3)cc2n1. The molecule has 0 bridgehead atoms. The molecule has 1 aromatic carbocycles. The average Bonchev–Trinajstić information content (AvgIpc) is 3.42. The van der Waals surface area contributed by atoms with Crippen molar-refractivity contribution in [2.24, 2.45) is 0 Å². The highest BCUT2D eigenvalue weighted by molar-refractivity contribution is 6.03. The first-order valence-electron chi connectivity index (χ1n) is 8.96. The summed E-state index contributed by atoms with van der Waals surface area (Å²) in [5.41, 5.74) is 2.20. The molecule has 8 nitrogen and oxygen atoms in total. The summed E-state index contributed by atoms with van der Waals surface area (Å²) < 4.78 is 20.9. The molecule has 5 aromatic rings. The van der Waals surface area contributed by atoms with Crippen LogP contribution in [0.4, 0.5) is 10.1 Å². The minimum absolute atomic E-state index is 0.0860. The molecule has 0 unspecified atom stereocenters. The maximum atomic E-state index is 13.9. The molecule has 146 valence electrons. The Kier molecular flexibility index (Phi) is 4.25. The number of carbonyl (C=O) groups excluding carboxylic acids is 1. The van der Waals surface area contributed by atoms with Gasteiger partial charge in [0.1, 0.15) is 17.2 Å². The third kappa shape index (κ3) is 3.28. The van der Waals surface area contributed by atoms with Crippen molar-refractivity contribution in [3.63, 3.8) is 0 Å². The van der Waals surface area contributed by atoms with Crippen LogP contribution in [0.2, 0.25) is 0 Å². The zero-order chi connectivity index (χ0) is 20.5. The van der Waals surface area contributed by atoms with Gasteiger partial charge in [0, 0.05) is 24.2 Å². The Hall–Kier alpha value is -4.40. The summed E-state index contributed by atoms with van der Waals surface area (Å²) in [6, 6.07) is 13.1. The van der Waals surface area contributed by atoms with Crippen LogP contribution in [0.5, 0.6) is 0 Å². The number of rotatable bonds is 4. The number of hydrogen-bond donors (Lipinski definition) is 1. The minimum Gasteiger partial charge on any atom is -0.334 e. The van der Waals surface area contributed by atoms with E-state index in [1.807, 2.05) is 0 Å². The Bertz CT molecular complexity index is 1360. The minimum atomic E-state index is -0.444. The Morgan fingerprint density at radius 1 is 1.10 bits per heavy atom. The monoisotopic (exact) mass is 400 g/mol. The molecule has 0 aliphatic heterocycles. The van der Waals surface area contributed by atoms with Gasteiger partial charge in [-0.25, -0.2) is 9.37 Å². The van der Waals surface area contributed by atoms with Crippen LogP contribution in [0, 0.1) is 5.82 Å². The van der Waals surface area contributed by atoms with E-state index in [-0.39, 0.29) is 23.1 Å². The fraction of sp³-hybridized carbons (Fsp3) is 0. The Morgan fingerprint density at radius 2 is 2.00 bits per heavy atom. The molecule has 0 aliphatic carbocycles. The van der Waals surface area contributed by atoms with Gasteiger partial charge in [0.05, 0.1) is 17.4 Å². The number of amides is 1. The van der Waals surface area contributed by atoms with Gasteiger partial charge >= 0.3 is 0 Å². The van der Waals surface area contributed by atoms with E-state index >= 15 is 0 Å². The molecule has 0 saturated heterocycles. The second-order valence-electron chi connectivity index (χ2n) is 6.41. The molecule has 5 rings (SSSR count). The number of fused-ring (bicyclic) bond motifs is 1. The van der Waals surface area contributed by atoms with Gasteiger partial charge in [0.2, 0.25) is 5.82 Å². The highest BCUT2D eigenvalue weighted by Crippen LogP contribution is 2.25. The second kappa shape index (κ2) is 7.21. The Morgan fingerprint density at radius 3 is 2.83 bits per heavy atom. The number of benzene rings is 1. The molecule has 1 amide bonds. The topological polar surface area (TPSA) is 98.2 Å². The van der Waals surface area contributed by atoms with Gasteiger partial charge in [-0.15, -0.1) is 0 Å². The fourth-order valence-electron chi connectivity index (χ4n) is 2.95. The van der Waals surface area contributed by atoms with E-state index in [0.717, 1.165) is 0 Å². The van der Waals surface area contributed by atoms with E-state index in [2.05, 4.69) is 25.4 Å². The van der Waals surface area contributed by atoms with Crippen LogP contribution in [-0.4, -0.2) is 30.4 Å². The quantitative estimate of drug-likeness (QED) is 0.492. The largest absolute Gasteiger partial charge is 0.334 e. The maximum absolute atomic E-state index is 13.9. The number of carbonyl (C=O) groups is 1. The molecule has 0 spiro atoms. The van der Waals surface area contributed by atoms with Gasteiger partial charge in [-0.3, -0.25) is 9.78 Å². The first-order chi connectivity index (χ1) is 14.7. The van der Waals surface area contributed by atoms with Crippen molar-refractivity contribution in [3.8, 4) is 22.8 Å². The molecule has 30 heavy (non-hydrogen) atoms. The van der Waals surface area contributed by atoms with Crippen molar-refractivity contribution in [1.82, 2.24) is 24.5 Å². The van der Waals surface area contributed by atoms with E-state index in [0.29, 0.717) is 22.7 Å². The number of halogens is 1. The van der Waals surface area contributed by atoms with Crippen LogP contribution in [0.25, 0.3) is 28.5 Å². The summed E-state index contributed by atoms with van der Waals surface area (Å²) in [6.45, 7) is 0. The molecule has 1 N–H and O–H groups in total. The van der Waals surface area contributed by atoms with E-state index < -0.39 is 5.82 Å². The van der Waals surface area contributed by atoms with Crippen molar-refractivity contribution in [2.75, 3.05) is 5.32 Å². The van der Waals surface area contributed by atoms with E-state index in [1.54, 1.807) is 71.7 Å². The molecule has 9 heteroatoms. The number of anilines is 1. The lowest BCUT2D eigenvalue weighted by Crippen LogP contribution is -2.12. The van der Waals surface area contributed by atoms with Crippen molar-refractivity contribution in [2.45, 2.75) is 0 Å². The summed E-state index contributed by atoms with van der Waals surface area (Å²) >= 11 is 0. The first kappa shape index (κ1) is 17.7. The zero-order valence-electron chi connectivity index (χ0n) is 15.4. The maximum Gasteiger partial charge on any atom is 0.275 e. The summed E-state index contributed by atoms with van der Waals surface area (Å²) in [5.74, 6) is -0.418. The van der Waals surface area contributed by atoms with Gasteiger partial charge in [-0.1, -0.05) is 17.3 Å². The number of pyridine rings is 2. The third-order valence-electron chi connectivity index (χ3n) is 4.40. The highest BCUT2D eigenvalue weighted by Gasteiger charge is 2.16. The molecule has 0 radical (unpaired) electrons. The molecule has 4 aromatic heterocycles. The van der Waals surface area contributed by atoms with Crippen molar-refractivity contribution in [1.29, 1.82) is 0 Å². The van der Waals surface area contributed by atoms with Gasteiger partial charge < -0.3 is 14.2 Å². The molecular weight excluding hydrogens is 387 g/mol. The van der Waals surface area contributed by atoms with Gasteiger partial charge in [0.15, 0.2) is 0 Å². The van der Waals surface area contributed by atoms with Crippen LogP contribution in [0.15, 0.2) is 77.8 Å². The molecule has 0 fully saturated rings. The van der Waals surface area contributed by atoms with Crippen LogP contribution < -0.4 is 5.32 Å². The molecule has 0 atom stereocenters. The number of imidazole rings is 1. The van der Waals surface area contributed by atoms with Crippen LogP contribution in [0.1, 0.15) is 10.5 Å². The standard InChI is InChI=1S/C21H13FN6O2/c22-16-6-2-1-5-15(16)21-26-19(27-30-21)13-7-9-28-12-17(25-18(28)10-13)20(29)24-14-4-3-8-23-11-14/h1-12H,(H,24,29). The van der Waals surface area contributed by atoms with E-state index in [9.17, 15) is 9.18 Å². The van der Waals surface area contributed by atoms with Crippen molar-refractivity contribution >= 4 is 17.2 Å². The number of nitrogens with one attached hydrogen (secondary N) is 1. The van der Waals surface area contributed by atoms with Gasteiger partial charge in [-0.2, -0.15) is 4.98 Å². The van der Waals surface area contributed by atoms with E-state index in [4.69, 9.17) is 4.52 Å². The highest BCUT2D eigenvalue weighted by atomic mass is 19.1. The fourth-order valence-corrected chi connectivity index (χ4v) is 2.95. The predicted octanol–water partition coefficient (Wildman–Crippen LogP) is 3.84. The summed E-state index contributed by atoms with van der Waals surface area (Å²) in [4.78, 5) is 25.0. The molecule has 0 saturated carbocycles. The molecule has 4 heterocycles. The van der Waals surface area contributed by atoms with Crippen molar-refractivity contribution < 1.29 is 13.7 Å². The lowest BCUT2D eigenvalue weighted by Gasteiger charge is -2.00. The number of aromatic nitrogens is 5. The smallest absolute Gasteiger partial charge is 0.275 e. The number of nitrogens with zero attached hydrogens (tertiary/aromatic N) is 5. The number of hydrogen-bond acceptors (Lipinski definition) is 6. The average molecular weight is 400 g/mol. The van der Waals surface area contributed by atoms with Gasteiger partial charge in [0.25, 0.3) is 11.8 Å². The normalized spacial score (nSPS) is 11.0. The first-order valence-corrected chi connectivity index (χ1v) is 8.96. The summed E-state index contributed by atoms with van der Waals surface area (Å²) in [5, 5.41) is 6.67. The summed E-state index contributed by atoms with van der Waals surface area (Å²) in [6.07, 6.45) is 6.52. The third-order valence-corrected chi connectivity index (χ3v) is 4.40. The Labute approximate surface area is 169 Å². The predicted molar refractivity (Wildman–Crippen MR) is 106 cm³/mol. The zero-order valence-corrected chi connectivity index (χ0v) is 15.4. The second-order valence-corrected chi connectivity index (χ2v) is 6.41. The van der Waals surface area contributed by atoms with Crippen molar-refractivity contribution in [3.05, 3.63) is 84.8 Å². The lowest BCUT2D eigenvalue weighted by atomic mass is 10.2. The van der Waals surface area contributed by atoms with Crippen LogP contribution in [0.3, 0.4) is 0 Å². The van der Waals surface area contributed by atoms with Crippen LogP contribution >= 0.6 is 0 Å². The molecule has 0 aliphatic rings. The Balaban J connectivity index is 1.43. The van der Waals surface area contributed by atoms with Crippen LogP contribution in [-0.2, 0) is 0 Å². The summed E-state index contributed by atoms with van der Waals surface area (Å²) in [7, 11) is 0. The van der Waals surface area contributed by atoms with E-state index in [1.165, 1.54) is 6.07 Å². The lowest BCUT2D eigenvalue weighted by molar-refractivity contribution is 0.102. The molecular formula is C21H13FN6O2.